The van der Waals surface area contributed by atoms with Gasteiger partial charge in [-0.25, -0.2) is 9.97 Å². The summed E-state index contributed by atoms with van der Waals surface area (Å²) in [4.78, 5) is 11.3. The van der Waals surface area contributed by atoms with Crippen LogP contribution in [-0.4, -0.2) is 35.1 Å². The number of aromatic nitrogens is 2. The summed E-state index contributed by atoms with van der Waals surface area (Å²) in [6.45, 7) is 6.41. The van der Waals surface area contributed by atoms with E-state index in [4.69, 9.17) is 0 Å². The van der Waals surface area contributed by atoms with Crippen LogP contribution in [0.15, 0.2) is 30.5 Å². The lowest BCUT2D eigenvalue weighted by atomic mass is 10.1. The van der Waals surface area contributed by atoms with Crippen molar-refractivity contribution < 1.29 is 0 Å². The van der Waals surface area contributed by atoms with Gasteiger partial charge < -0.3 is 10.2 Å². The van der Waals surface area contributed by atoms with Gasteiger partial charge in [-0.3, -0.25) is 0 Å². The zero-order chi connectivity index (χ0) is 12.5. The number of nitrogens with one attached hydrogen (secondary N) is 1. The predicted molar refractivity (Wildman–Crippen MR) is 73.8 cm³/mol. The van der Waals surface area contributed by atoms with Gasteiger partial charge in [0.05, 0.1) is 0 Å². The topological polar surface area (TPSA) is 41.1 Å². The van der Waals surface area contributed by atoms with Gasteiger partial charge in [0.15, 0.2) is 5.65 Å². The Balaban J connectivity index is 1.93. The summed E-state index contributed by atoms with van der Waals surface area (Å²) in [5.41, 5.74) is 0.828. The molecule has 0 aliphatic carbocycles. The molecule has 2 aromatic heterocycles. The van der Waals surface area contributed by atoms with Gasteiger partial charge in [0, 0.05) is 36.8 Å². The second-order valence-corrected chi connectivity index (χ2v) is 5.09. The van der Waals surface area contributed by atoms with Crippen molar-refractivity contribution in [2.45, 2.75) is 25.9 Å². The van der Waals surface area contributed by atoms with Crippen molar-refractivity contribution in [1.82, 2.24) is 15.3 Å². The molecule has 0 saturated carbocycles. The first-order chi connectivity index (χ1) is 8.72. The zero-order valence-electron chi connectivity index (χ0n) is 10.8. The standard InChI is InChI=1S/C14H18N4/c1-10-8-18(9-11(2)16-10)13-6-5-12-4-3-7-15-14(12)17-13/h3-7,10-11,16H,8-9H2,1-2H3/t10-,11+. The molecule has 1 aliphatic rings. The van der Waals surface area contributed by atoms with Crippen LogP contribution in [-0.2, 0) is 0 Å². The first kappa shape index (κ1) is 11.4. The van der Waals surface area contributed by atoms with Crippen molar-refractivity contribution in [3.8, 4) is 0 Å². The van der Waals surface area contributed by atoms with Crippen molar-refractivity contribution in [3.05, 3.63) is 30.5 Å². The third kappa shape index (κ3) is 2.16. The molecule has 0 aromatic carbocycles. The number of hydrogen-bond donors (Lipinski definition) is 1. The number of fused-ring (bicyclic) bond motifs is 1. The molecule has 1 fully saturated rings. The molecule has 1 saturated heterocycles. The average molecular weight is 242 g/mol. The van der Waals surface area contributed by atoms with E-state index >= 15 is 0 Å². The van der Waals surface area contributed by atoms with E-state index < -0.39 is 0 Å². The predicted octanol–water partition coefficient (Wildman–Crippen LogP) is 1.82. The highest BCUT2D eigenvalue weighted by Crippen LogP contribution is 2.18. The third-order valence-corrected chi connectivity index (χ3v) is 3.33. The summed E-state index contributed by atoms with van der Waals surface area (Å²) < 4.78 is 0. The maximum atomic E-state index is 4.65. The summed E-state index contributed by atoms with van der Waals surface area (Å²) in [7, 11) is 0. The minimum atomic E-state index is 0.495. The van der Waals surface area contributed by atoms with Gasteiger partial charge in [-0.1, -0.05) is 0 Å². The largest absolute Gasteiger partial charge is 0.353 e. The van der Waals surface area contributed by atoms with Crippen molar-refractivity contribution in [2.24, 2.45) is 0 Å². The van der Waals surface area contributed by atoms with Crippen LogP contribution in [0.2, 0.25) is 0 Å². The maximum Gasteiger partial charge on any atom is 0.161 e. The summed E-state index contributed by atoms with van der Waals surface area (Å²) in [5, 5.41) is 4.63. The molecule has 3 heterocycles. The Morgan fingerprint density at radius 2 is 1.94 bits per heavy atom. The van der Waals surface area contributed by atoms with Crippen LogP contribution in [0.25, 0.3) is 11.0 Å². The Labute approximate surface area is 107 Å². The van der Waals surface area contributed by atoms with Crippen LogP contribution < -0.4 is 10.2 Å². The van der Waals surface area contributed by atoms with E-state index in [1.807, 2.05) is 12.1 Å². The van der Waals surface area contributed by atoms with Gasteiger partial charge in [-0.05, 0) is 38.1 Å². The van der Waals surface area contributed by atoms with Crippen LogP contribution in [0, 0.1) is 0 Å². The number of pyridine rings is 2. The Kier molecular flexibility index (Phi) is 2.88. The molecule has 4 heteroatoms. The Morgan fingerprint density at radius 1 is 1.17 bits per heavy atom. The molecule has 0 bridgehead atoms. The molecule has 0 radical (unpaired) electrons. The van der Waals surface area contributed by atoms with Crippen molar-refractivity contribution in [3.63, 3.8) is 0 Å². The quantitative estimate of drug-likeness (QED) is 0.828. The van der Waals surface area contributed by atoms with Crippen molar-refractivity contribution >= 4 is 16.9 Å². The fourth-order valence-electron chi connectivity index (χ4n) is 2.63. The highest BCUT2D eigenvalue weighted by atomic mass is 15.3. The van der Waals surface area contributed by atoms with Gasteiger partial charge in [0.25, 0.3) is 0 Å². The lowest BCUT2D eigenvalue weighted by molar-refractivity contribution is 0.405. The molecule has 2 atom stereocenters. The highest BCUT2D eigenvalue weighted by Gasteiger charge is 2.21. The minimum Gasteiger partial charge on any atom is -0.353 e. The first-order valence-electron chi connectivity index (χ1n) is 6.45. The van der Waals surface area contributed by atoms with Crippen LogP contribution in [0.3, 0.4) is 0 Å². The van der Waals surface area contributed by atoms with E-state index in [9.17, 15) is 0 Å². The van der Waals surface area contributed by atoms with Gasteiger partial charge in [0.2, 0.25) is 0 Å². The molecular weight excluding hydrogens is 224 g/mol. The summed E-state index contributed by atoms with van der Waals surface area (Å²) in [5.74, 6) is 1.03. The molecule has 4 nitrogen and oxygen atoms in total. The van der Waals surface area contributed by atoms with E-state index in [2.05, 4.69) is 46.2 Å². The van der Waals surface area contributed by atoms with E-state index in [0.29, 0.717) is 12.1 Å². The third-order valence-electron chi connectivity index (χ3n) is 3.33. The molecule has 0 unspecified atom stereocenters. The molecule has 1 N–H and O–H groups in total. The second-order valence-electron chi connectivity index (χ2n) is 5.09. The molecule has 94 valence electrons. The Hall–Kier alpha value is -1.68. The summed E-state index contributed by atoms with van der Waals surface area (Å²) >= 11 is 0. The van der Waals surface area contributed by atoms with Crippen molar-refractivity contribution in [2.75, 3.05) is 18.0 Å². The Morgan fingerprint density at radius 3 is 2.72 bits per heavy atom. The van der Waals surface area contributed by atoms with Crippen molar-refractivity contribution in [1.29, 1.82) is 0 Å². The number of rotatable bonds is 1. The first-order valence-corrected chi connectivity index (χ1v) is 6.45. The minimum absolute atomic E-state index is 0.495. The summed E-state index contributed by atoms with van der Waals surface area (Å²) in [6, 6.07) is 9.17. The zero-order valence-corrected chi connectivity index (χ0v) is 10.8. The SMILES string of the molecule is C[C@@H]1CN(c2ccc3cccnc3n2)C[C@H](C)N1. The van der Waals surface area contributed by atoms with Gasteiger partial charge >= 0.3 is 0 Å². The monoisotopic (exact) mass is 242 g/mol. The molecule has 18 heavy (non-hydrogen) atoms. The van der Waals surface area contributed by atoms with Gasteiger partial charge in [-0.15, -0.1) is 0 Å². The normalized spacial score (nSPS) is 24.4. The molecule has 0 spiro atoms. The number of anilines is 1. The van der Waals surface area contributed by atoms with E-state index in [1.165, 1.54) is 0 Å². The van der Waals surface area contributed by atoms with Crippen LogP contribution in [0.5, 0.6) is 0 Å². The van der Waals surface area contributed by atoms with E-state index in [0.717, 1.165) is 29.9 Å². The lowest BCUT2D eigenvalue weighted by Crippen LogP contribution is -2.54. The van der Waals surface area contributed by atoms with E-state index in [-0.39, 0.29) is 0 Å². The van der Waals surface area contributed by atoms with Gasteiger partial charge in [0.1, 0.15) is 5.82 Å². The lowest BCUT2D eigenvalue weighted by Gasteiger charge is -2.36. The number of piperazine rings is 1. The average Bonchev–Trinajstić information content (AvgIpc) is 2.37. The Bertz CT molecular complexity index is 544. The molecular formula is C14H18N4. The molecule has 1 aliphatic heterocycles. The smallest absolute Gasteiger partial charge is 0.161 e. The maximum absolute atomic E-state index is 4.65. The fourth-order valence-corrected chi connectivity index (χ4v) is 2.63. The van der Waals surface area contributed by atoms with Crippen LogP contribution in [0.4, 0.5) is 5.82 Å². The van der Waals surface area contributed by atoms with Gasteiger partial charge in [-0.2, -0.15) is 0 Å². The molecule has 0 amide bonds. The van der Waals surface area contributed by atoms with E-state index in [1.54, 1.807) is 6.20 Å². The fraction of sp³-hybridized carbons (Fsp3) is 0.429. The molecule has 2 aromatic rings. The molecule has 3 rings (SSSR count). The second kappa shape index (κ2) is 4.53. The summed E-state index contributed by atoms with van der Waals surface area (Å²) in [6.07, 6.45) is 1.79. The number of nitrogens with zero attached hydrogens (tertiary/aromatic N) is 3. The van der Waals surface area contributed by atoms with Crippen LogP contribution in [0.1, 0.15) is 13.8 Å². The highest BCUT2D eigenvalue weighted by molar-refractivity contribution is 5.76. The number of hydrogen-bond acceptors (Lipinski definition) is 4. The van der Waals surface area contributed by atoms with Crippen LogP contribution >= 0.6 is 0 Å².